The second-order valence-corrected chi connectivity index (χ2v) is 6.82. The molecule has 29 heavy (non-hydrogen) atoms. The van der Waals surface area contributed by atoms with Gasteiger partial charge in [0.05, 0.1) is 33.1 Å². The number of fused-ring (bicyclic) bond motifs is 1. The van der Waals surface area contributed by atoms with E-state index in [2.05, 4.69) is 22.6 Å². The van der Waals surface area contributed by atoms with Gasteiger partial charge >= 0.3 is 6.03 Å². The molecule has 0 saturated carbocycles. The zero-order valence-corrected chi connectivity index (χ0v) is 17.1. The molecule has 8 nitrogen and oxygen atoms in total. The average molecular weight is 401 g/mol. The first-order valence-corrected chi connectivity index (χ1v) is 9.33. The van der Waals surface area contributed by atoms with Crippen LogP contribution < -0.4 is 29.7 Å². The maximum absolute atomic E-state index is 12.3. The number of anilines is 2. The fourth-order valence-electron chi connectivity index (χ4n) is 3.43. The van der Waals surface area contributed by atoms with Crippen molar-refractivity contribution in [3.8, 4) is 17.2 Å². The number of hydrogen-bond donors (Lipinski definition) is 3. The molecule has 2 aromatic rings. The summed E-state index contributed by atoms with van der Waals surface area (Å²) in [6.07, 6.45) is 0.165. The van der Waals surface area contributed by atoms with Crippen molar-refractivity contribution in [1.82, 2.24) is 5.32 Å². The number of amides is 2. The van der Waals surface area contributed by atoms with Crippen LogP contribution in [-0.2, 0) is 6.42 Å². The monoisotopic (exact) mass is 401 g/mol. The van der Waals surface area contributed by atoms with Gasteiger partial charge in [0, 0.05) is 38.0 Å². The van der Waals surface area contributed by atoms with Gasteiger partial charge in [0.2, 0.25) is 5.75 Å². The third kappa shape index (κ3) is 4.48. The first kappa shape index (κ1) is 20.6. The van der Waals surface area contributed by atoms with E-state index in [1.807, 2.05) is 18.2 Å². The fraction of sp³-hybridized carbons (Fsp3) is 0.381. The van der Waals surface area contributed by atoms with Gasteiger partial charge in [-0.2, -0.15) is 0 Å². The van der Waals surface area contributed by atoms with Crippen molar-refractivity contribution in [3.63, 3.8) is 0 Å². The highest BCUT2D eigenvalue weighted by Gasteiger charge is 2.19. The zero-order chi connectivity index (χ0) is 21.0. The topological polar surface area (TPSA) is 92.3 Å². The lowest BCUT2D eigenvalue weighted by Gasteiger charge is -2.17. The van der Waals surface area contributed by atoms with Crippen molar-refractivity contribution in [2.75, 3.05) is 51.7 Å². The molecule has 3 rings (SSSR count). The number of benzene rings is 2. The molecule has 2 aromatic carbocycles. The standard InChI is InChI=1S/C21H27N3O5/c1-24-8-7-13-9-14(5-6-16(13)24)17(25)12-22-21(26)23-15-10-18(27-2)20(29-4)19(11-15)28-3/h5-6,9-11,17,25H,7-8,12H2,1-4H3,(H2,22,23,26). The van der Waals surface area contributed by atoms with Crippen LogP contribution in [-0.4, -0.2) is 52.6 Å². The number of urea groups is 1. The summed E-state index contributed by atoms with van der Waals surface area (Å²) < 4.78 is 15.8. The van der Waals surface area contributed by atoms with Gasteiger partial charge in [0.15, 0.2) is 11.5 Å². The van der Waals surface area contributed by atoms with E-state index in [1.165, 1.54) is 32.6 Å². The van der Waals surface area contributed by atoms with Crippen LogP contribution in [0.5, 0.6) is 17.2 Å². The number of carbonyl (C=O) groups is 1. The Kier molecular flexibility index (Phi) is 6.33. The molecule has 0 aliphatic carbocycles. The summed E-state index contributed by atoms with van der Waals surface area (Å²) in [4.78, 5) is 14.5. The number of ether oxygens (including phenoxy) is 3. The molecule has 0 bridgehead atoms. The highest BCUT2D eigenvalue weighted by Crippen LogP contribution is 2.39. The summed E-state index contributed by atoms with van der Waals surface area (Å²) >= 11 is 0. The van der Waals surface area contributed by atoms with Crippen molar-refractivity contribution >= 4 is 17.4 Å². The minimum absolute atomic E-state index is 0.0882. The molecule has 0 aromatic heterocycles. The van der Waals surface area contributed by atoms with Crippen LogP contribution in [0.25, 0.3) is 0 Å². The minimum Gasteiger partial charge on any atom is -0.493 e. The Labute approximate surface area is 170 Å². The maximum atomic E-state index is 12.3. The Hall–Kier alpha value is -3.13. The Bertz CT molecular complexity index is 862. The molecule has 0 saturated heterocycles. The molecule has 0 radical (unpaired) electrons. The van der Waals surface area contributed by atoms with Gasteiger partial charge in [0.25, 0.3) is 0 Å². The Balaban J connectivity index is 1.61. The van der Waals surface area contributed by atoms with Crippen LogP contribution >= 0.6 is 0 Å². The third-order valence-corrected chi connectivity index (χ3v) is 4.99. The van der Waals surface area contributed by atoms with Gasteiger partial charge in [-0.05, 0) is 23.6 Å². The first-order chi connectivity index (χ1) is 14.0. The van der Waals surface area contributed by atoms with E-state index in [0.717, 1.165) is 18.5 Å². The predicted octanol–water partition coefficient (Wildman–Crippen LogP) is 2.56. The summed E-state index contributed by atoms with van der Waals surface area (Å²) in [7, 11) is 6.58. The van der Waals surface area contributed by atoms with Crippen LogP contribution in [0, 0.1) is 0 Å². The van der Waals surface area contributed by atoms with Crippen LogP contribution in [0.3, 0.4) is 0 Å². The van der Waals surface area contributed by atoms with Crippen molar-refractivity contribution in [3.05, 3.63) is 41.5 Å². The van der Waals surface area contributed by atoms with E-state index in [0.29, 0.717) is 22.9 Å². The van der Waals surface area contributed by atoms with E-state index in [4.69, 9.17) is 14.2 Å². The van der Waals surface area contributed by atoms with E-state index in [1.54, 1.807) is 12.1 Å². The molecular formula is C21H27N3O5. The number of likely N-dealkylation sites (N-methyl/N-ethyl adjacent to an activating group) is 1. The Morgan fingerprint density at radius 2 is 1.83 bits per heavy atom. The SMILES string of the molecule is COc1cc(NC(=O)NCC(O)c2ccc3c(c2)CCN3C)cc(OC)c1OC. The van der Waals surface area contributed by atoms with Crippen molar-refractivity contribution < 1.29 is 24.1 Å². The van der Waals surface area contributed by atoms with E-state index < -0.39 is 12.1 Å². The number of aliphatic hydroxyl groups excluding tert-OH is 1. The number of methoxy groups -OCH3 is 3. The van der Waals surface area contributed by atoms with Gasteiger partial charge in [-0.25, -0.2) is 4.79 Å². The zero-order valence-electron chi connectivity index (χ0n) is 17.1. The van der Waals surface area contributed by atoms with Gasteiger partial charge < -0.3 is 34.9 Å². The van der Waals surface area contributed by atoms with Crippen LogP contribution in [0.2, 0.25) is 0 Å². The third-order valence-electron chi connectivity index (χ3n) is 4.99. The smallest absolute Gasteiger partial charge is 0.319 e. The van der Waals surface area contributed by atoms with E-state index in [9.17, 15) is 9.90 Å². The summed E-state index contributed by atoms with van der Waals surface area (Å²) in [5.74, 6) is 1.31. The first-order valence-electron chi connectivity index (χ1n) is 9.33. The Morgan fingerprint density at radius 1 is 1.14 bits per heavy atom. The van der Waals surface area contributed by atoms with Crippen LogP contribution in [0.4, 0.5) is 16.2 Å². The summed E-state index contributed by atoms with van der Waals surface area (Å²) in [5, 5.41) is 15.9. The summed E-state index contributed by atoms with van der Waals surface area (Å²) in [5.41, 5.74) is 3.67. The highest BCUT2D eigenvalue weighted by atomic mass is 16.5. The molecule has 0 fully saturated rings. The van der Waals surface area contributed by atoms with E-state index in [-0.39, 0.29) is 6.54 Å². The molecule has 1 aliphatic heterocycles. The minimum atomic E-state index is -0.795. The molecule has 2 amide bonds. The molecule has 156 valence electrons. The van der Waals surface area contributed by atoms with Crippen LogP contribution in [0.1, 0.15) is 17.2 Å². The second-order valence-electron chi connectivity index (χ2n) is 6.82. The van der Waals surface area contributed by atoms with Gasteiger partial charge in [-0.3, -0.25) is 0 Å². The Morgan fingerprint density at radius 3 is 2.45 bits per heavy atom. The number of carbonyl (C=O) groups excluding carboxylic acids is 1. The number of nitrogens with zero attached hydrogens (tertiary/aromatic N) is 1. The lowest BCUT2D eigenvalue weighted by atomic mass is 10.0. The lowest BCUT2D eigenvalue weighted by molar-refractivity contribution is 0.175. The summed E-state index contributed by atoms with van der Waals surface area (Å²) in [6.45, 7) is 1.06. The molecule has 1 aliphatic rings. The summed E-state index contributed by atoms with van der Waals surface area (Å²) in [6, 6.07) is 8.73. The highest BCUT2D eigenvalue weighted by molar-refractivity contribution is 5.90. The lowest BCUT2D eigenvalue weighted by Crippen LogP contribution is -2.32. The molecule has 0 spiro atoms. The average Bonchev–Trinajstić information content (AvgIpc) is 3.11. The molecule has 8 heteroatoms. The van der Waals surface area contributed by atoms with Gasteiger partial charge in [-0.1, -0.05) is 12.1 Å². The molecular weight excluding hydrogens is 374 g/mol. The quantitative estimate of drug-likeness (QED) is 0.660. The molecule has 1 unspecified atom stereocenters. The van der Waals surface area contributed by atoms with Gasteiger partial charge in [0.1, 0.15) is 0 Å². The molecule has 1 heterocycles. The largest absolute Gasteiger partial charge is 0.493 e. The molecule has 3 N–H and O–H groups in total. The number of hydrogen-bond acceptors (Lipinski definition) is 6. The molecule has 1 atom stereocenters. The predicted molar refractivity (Wildman–Crippen MR) is 111 cm³/mol. The van der Waals surface area contributed by atoms with Gasteiger partial charge in [-0.15, -0.1) is 0 Å². The van der Waals surface area contributed by atoms with Crippen molar-refractivity contribution in [2.24, 2.45) is 0 Å². The van der Waals surface area contributed by atoms with E-state index >= 15 is 0 Å². The fourth-order valence-corrected chi connectivity index (χ4v) is 3.43. The number of aliphatic hydroxyl groups is 1. The normalized spacial score (nSPS) is 13.5. The maximum Gasteiger partial charge on any atom is 0.319 e. The number of nitrogens with one attached hydrogen (secondary N) is 2. The van der Waals surface area contributed by atoms with Crippen molar-refractivity contribution in [1.29, 1.82) is 0 Å². The number of rotatable bonds is 7. The van der Waals surface area contributed by atoms with Crippen molar-refractivity contribution in [2.45, 2.75) is 12.5 Å². The second kappa shape index (κ2) is 8.91. The van der Waals surface area contributed by atoms with Crippen LogP contribution in [0.15, 0.2) is 30.3 Å².